The van der Waals surface area contributed by atoms with E-state index in [1.54, 1.807) is 0 Å². The third kappa shape index (κ3) is 0.727. The number of benzene rings is 1. The van der Waals surface area contributed by atoms with Gasteiger partial charge in [-0.3, -0.25) is 0 Å². The Morgan fingerprint density at radius 3 is 3.30 bits per heavy atom. The van der Waals surface area contributed by atoms with Crippen LogP contribution in [0.2, 0.25) is 0 Å². The minimum Gasteiger partial charge on any atom is -0.493 e. The van der Waals surface area contributed by atoms with Gasteiger partial charge in [-0.15, -0.1) is 0 Å². The van der Waals surface area contributed by atoms with E-state index < -0.39 is 0 Å². The van der Waals surface area contributed by atoms with Gasteiger partial charge < -0.3 is 10.5 Å². The van der Waals surface area contributed by atoms with Gasteiger partial charge >= 0.3 is 0 Å². The van der Waals surface area contributed by atoms with Crippen LogP contribution in [0, 0.1) is 0 Å². The molecule has 1 heterocycles. The van der Waals surface area contributed by atoms with Crippen LogP contribution >= 0.6 is 0 Å². The van der Waals surface area contributed by atoms with Crippen LogP contribution in [-0.2, 0) is 6.42 Å². The van der Waals surface area contributed by atoms with Gasteiger partial charge in [0.15, 0.2) is 0 Å². The number of nitrogens with two attached hydrogens (primary N) is 1. The second-order valence-electron chi connectivity index (χ2n) is 2.47. The molecule has 0 aliphatic carbocycles. The van der Waals surface area contributed by atoms with E-state index in [2.05, 4.69) is 0 Å². The summed E-state index contributed by atoms with van der Waals surface area (Å²) in [4.78, 5) is 0. The van der Waals surface area contributed by atoms with Crippen molar-refractivity contribution in [1.82, 2.24) is 0 Å². The maximum atomic E-state index is 5.55. The summed E-state index contributed by atoms with van der Waals surface area (Å²) in [5, 5.41) is 0. The van der Waals surface area contributed by atoms with E-state index in [0.717, 1.165) is 24.5 Å². The monoisotopic (exact) mass is 137 g/mol. The Morgan fingerprint density at radius 2 is 2.40 bits per heavy atom. The van der Waals surface area contributed by atoms with Crippen molar-refractivity contribution in [2.45, 2.75) is 6.42 Å². The fourth-order valence-corrected chi connectivity index (χ4v) is 1.18. The van der Waals surface area contributed by atoms with E-state index in [-0.39, 0.29) is 1.43 Å². The first-order valence-electron chi connectivity index (χ1n) is 3.37. The van der Waals surface area contributed by atoms with Crippen molar-refractivity contribution in [3.05, 3.63) is 23.8 Å². The number of hydrogen-bond donors (Lipinski definition) is 1. The summed E-state index contributed by atoms with van der Waals surface area (Å²) < 4.78 is 5.30. The van der Waals surface area contributed by atoms with E-state index in [1.165, 1.54) is 5.56 Å². The first-order valence-corrected chi connectivity index (χ1v) is 3.37. The number of nitrogen functional groups attached to an aromatic ring is 1. The number of hydrogen-bond acceptors (Lipinski definition) is 2. The molecule has 2 rings (SSSR count). The van der Waals surface area contributed by atoms with Crippen LogP contribution in [-0.4, -0.2) is 6.61 Å². The maximum absolute atomic E-state index is 5.55. The van der Waals surface area contributed by atoms with Gasteiger partial charge in [-0.25, -0.2) is 0 Å². The zero-order chi connectivity index (χ0) is 6.97. The molecule has 0 amide bonds. The van der Waals surface area contributed by atoms with Gasteiger partial charge in [0.2, 0.25) is 0 Å². The summed E-state index contributed by atoms with van der Waals surface area (Å²) in [6.07, 6.45) is 1.02. The van der Waals surface area contributed by atoms with Crippen molar-refractivity contribution in [3.8, 4) is 5.75 Å². The molecule has 2 heteroatoms. The first-order chi connectivity index (χ1) is 4.86. The van der Waals surface area contributed by atoms with E-state index >= 15 is 0 Å². The molecule has 10 heavy (non-hydrogen) atoms. The molecule has 2 nitrogen and oxygen atoms in total. The third-order valence-electron chi connectivity index (χ3n) is 1.72. The van der Waals surface area contributed by atoms with Gasteiger partial charge in [-0.05, 0) is 11.6 Å². The van der Waals surface area contributed by atoms with E-state index in [4.69, 9.17) is 10.5 Å². The molecule has 0 radical (unpaired) electrons. The average Bonchev–Trinajstić information content (AvgIpc) is 2.33. The quantitative estimate of drug-likeness (QED) is 0.549. The highest BCUT2D eigenvalue weighted by molar-refractivity contribution is 5.49. The molecule has 0 saturated carbocycles. The molecule has 0 aromatic heterocycles. The van der Waals surface area contributed by atoms with E-state index in [1.807, 2.05) is 18.2 Å². The van der Waals surface area contributed by atoms with Crippen LogP contribution in [0.4, 0.5) is 5.69 Å². The average molecular weight is 137 g/mol. The highest BCUT2D eigenvalue weighted by atomic mass is 16.5. The molecular weight excluding hydrogens is 126 g/mol. The van der Waals surface area contributed by atoms with E-state index in [9.17, 15) is 0 Å². The van der Waals surface area contributed by atoms with Gasteiger partial charge in [0.05, 0.1) is 6.61 Å². The lowest BCUT2D eigenvalue weighted by Crippen LogP contribution is -1.87. The molecule has 1 aliphatic rings. The summed E-state index contributed by atoms with van der Waals surface area (Å²) in [5.41, 5.74) is 7.60. The lowest BCUT2D eigenvalue weighted by atomic mass is 10.1. The Kier molecular flexibility index (Phi) is 1.07. The molecule has 0 bridgehead atoms. The fraction of sp³-hybridized carbons (Fsp3) is 0.250. The SMILES string of the molecule is Nc1ccc2c(c1)OCC2.[HH]. The van der Waals surface area contributed by atoms with Crippen molar-refractivity contribution in [1.29, 1.82) is 0 Å². The Bertz CT molecular complexity index is 262. The number of anilines is 1. The Morgan fingerprint density at radius 1 is 1.50 bits per heavy atom. The molecule has 1 aliphatic heterocycles. The Balaban J connectivity index is 0.000000605. The zero-order valence-corrected chi connectivity index (χ0v) is 5.63. The molecular formula is C8H11NO. The highest BCUT2D eigenvalue weighted by Gasteiger charge is 2.10. The molecule has 0 unspecified atom stereocenters. The van der Waals surface area contributed by atoms with Crippen LogP contribution in [0.15, 0.2) is 18.2 Å². The standard InChI is InChI=1S/C8H9NO.H2/c9-7-2-1-6-3-4-10-8(6)5-7;/h1-2,5H,3-4,9H2;1H. The third-order valence-corrected chi connectivity index (χ3v) is 1.72. The maximum Gasteiger partial charge on any atom is 0.124 e. The lowest BCUT2D eigenvalue weighted by molar-refractivity contribution is 0.357. The van der Waals surface area contributed by atoms with Crippen LogP contribution in [0.5, 0.6) is 5.75 Å². The molecule has 54 valence electrons. The van der Waals surface area contributed by atoms with Crippen molar-refractivity contribution >= 4 is 5.69 Å². The summed E-state index contributed by atoms with van der Waals surface area (Å²) in [6.45, 7) is 0.804. The Labute approximate surface area is 61.1 Å². The first kappa shape index (κ1) is 5.59. The predicted molar refractivity (Wildman–Crippen MR) is 42.2 cm³/mol. The molecule has 1 aromatic carbocycles. The van der Waals surface area contributed by atoms with Crippen molar-refractivity contribution in [3.63, 3.8) is 0 Å². The molecule has 0 fully saturated rings. The Hall–Kier alpha value is -1.18. The zero-order valence-electron chi connectivity index (χ0n) is 5.63. The normalized spacial score (nSPS) is 14.4. The lowest BCUT2D eigenvalue weighted by Gasteiger charge is -1.98. The molecule has 2 N–H and O–H groups in total. The number of rotatable bonds is 0. The van der Waals surface area contributed by atoms with Gasteiger partial charge in [-0.2, -0.15) is 0 Å². The minimum atomic E-state index is 0. The smallest absolute Gasteiger partial charge is 0.124 e. The molecule has 1 aromatic rings. The summed E-state index contributed by atoms with van der Waals surface area (Å²) >= 11 is 0. The predicted octanol–water partition coefficient (Wildman–Crippen LogP) is 1.45. The summed E-state index contributed by atoms with van der Waals surface area (Å²) in [5.74, 6) is 0.958. The second-order valence-corrected chi connectivity index (χ2v) is 2.47. The minimum absolute atomic E-state index is 0. The fourth-order valence-electron chi connectivity index (χ4n) is 1.18. The van der Waals surface area contributed by atoms with Gasteiger partial charge in [0.25, 0.3) is 0 Å². The van der Waals surface area contributed by atoms with Gasteiger partial charge in [0, 0.05) is 19.6 Å². The van der Waals surface area contributed by atoms with Crippen LogP contribution in [0.3, 0.4) is 0 Å². The largest absolute Gasteiger partial charge is 0.493 e. The molecule has 0 spiro atoms. The van der Waals surface area contributed by atoms with Crippen LogP contribution < -0.4 is 10.5 Å². The van der Waals surface area contributed by atoms with Gasteiger partial charge in [0.1, 0.15) is 5.75 Å². The summed E-state index contributed by atoms with van der Waals surface area (Å²) in [6, 6.07) is 5.81. The van der Waals surface area contributed by atoms with Crippen molar-refractivity contribution < 1.29 is 6.16 Å². The molecule has 0 saturated heterocycles. The van der Waals surface area contributed by atoms with Crippen molar-refractivity contribution in [2.24, 2.45) is 0 Å². The number of fused-ring (bicyclic) bond motifs is 1. The van der Waals surface area contributed by atoms with Crippen molar-refractivity contribution in [2.75, 3.05) is 12.3 Å². The highest BCUT2D eigenvalue weighted by Crippen LogP contribution is 2.26. The molecule has 0 atom stereocenters. The second kappa shape index (κ2) is 1.90. The van der Waals surface area contributed by atoms with Gasteiger partial charge in [-0.1, -0.05) is 6.07 Å². The van der Waals surface area contributed by atoms with E-state index in [0.29, 0.717) is 0 Å². The topological polar surface area (TPSA) is 35.2 Å². The van der Waals surface area contributed by atoms with Crippen LogP contribution in [0.1, 0.15) is 6.99 Å². The number of ether oxygens (including phenoxy) is 1. The summed E-state index contributed by atoms with van der Waals surface area (Å²) in [7, 11) is 0. The van der Waals surface area contributed by atoms with Crippen LogP contribution in [0.25, 0.3) is 0 Å².